The summed E-state index contributed by atoms with van der Waals surface area (Å²) in [5.74, 6) is -0.977. The van der Waals surface area contributed by atoms with Gasteiger partial charge in [0.05, 0.1) is 21.9 Å². The smallest absolute Gasteiger partial charge is 0.333 e. The minimum absolute atomic E-state index is 0.164. The van der Waals surface area contributed by atoms with Gasteiger partial charge in [0.2, 0.25) is 0 Å². The van der Waals surface area contributed by atoms with Gasteiger partial charge in [-0.1, -0.05) is 52.6 Å². The molecule has 0 aliphatic rings. The lowest BCUT2D eigenvalue weighted by Crippen LogP contribution is -2.29. The molecule has 0 aliphatic carbocycles. The van der Waals surface area contributed by atoms with E-state index in [1.807, 2.05) is 51.1 Å². The second kappa shape index (κ2) is 10.5. The van der Waals surface area contributed by atoms with Crippen molar-refractivity contribution in [3.63, 3.8) is 0 Å². The first-order chi connectivity index (χ1) is 13.3. The number of hydrogen-bond acceptors (Lipinski definition) is 4. The van der Waals surface area contributed by atoms with Gasteiger partial charge in [-0.15, -0.1) is 0 Å². The van der Waals surface area contributed by atoms with Crippen molar-refractivity contribution in [2.24, 2.45) is 5.16 Å². The summed E-state index contributed by atoms with van der Waals surface area (Å²) in [6.45, 7) is 5.72. The molecule has 2 aromatic rings. The first-order valence-corrected chi connectivity index (χ1v) is 9.60. The topological polar surface area (TPSA) is 68.1 Å². The number of rotatable bonds is 9. The highest BCUT2D eigenvalue weighted by Gasteiger charge is 2.20. The normalized spacial score (nSPS) is 12.9. The third-order valence-electron chi connectivity index (χ3n) is 3.89. The molecule has 2 aromatic carbocycles. The van der Waals surface area contributed by atoms with Gasteiger partial charge in [0.15, 0.2) is 6.10 Å². The van der Waals surface area contributed by atoms with E-state index in [0.29, 0.717) is 15.8 Å². The SMILES string of the molecule is CC(=NOCc1ccc(Cl)c(Cl)c1)c1cccc(CC(OC(C)C)C(=O)O)c1. The molecule has 150 valence electrons. The average Bonchev–Trinajstić information content (AvgIpc) is 2.64. The Morgan fingerprint density at radius 2 is 1.86 bits per heavy atom. The van der Waals surface area contributed by atoms with Crippen LogP contribution in [0.2, 0.25) is 10.0 Å². The van der Waals surface area contributed by atoms with Crippen molar-refractivity contribution in [1.82, 2.24) is 0 Å². The monoisotopic (exact) mass is 423 g/mol. The highest BCUT2D eigenvalue weighted by Crippen LogP contribution is 2.23. The van der Waals surface area contributed by atoms with Gasteiger partial charge < -0.3 is 14.7 Å². The summed E-state index contributed by atoms with van der Waals surface area (Å²) in [7, 11) is 0. The molecule has 7 heteroatoms. The summed E-state index contributed by atoms with van der Waals surface area (Å²) >= 11 is 11.9. The van der Waals surface area contributed by atoms with Gasteiger partial charge in [-0.2, -0.15) is 0 Å². The van der Waals surface area contributed by atoms with Crippen molar-refractivity contribution < 1.29 is 19.5 Å². The van der Waals surface area contributed by atoms with Crippen molar-refractivity contribution >= 4 is 34.9 Å². The van der Waals surface area contributed by atoms with Gasteiger partial charge in [-0.05, 0) is 55.7 Å². The zero-order chi connectivity index (χ0) is 20.7. The predicted molar refractivity (Wildman–Crippen MR) is 111 cm³/mol. The summed E-state index contributed by atoms with van der Waals surface area (Å²) in [5, 5.41) is 14.4. The molecule has 0 aliphatic heterocycles. The highest BCUT2D eigenvalue weighted by atomic mass is 35.5. The van der Waals surface area contributed by atoms with E-state index in [1.54, 1.807) is 12.1 Å². The summed E-state index contributed by atoms with van der Waals surface area (Å²) in [5.41, 5.74) is 3.23. The average molecular weight is 424 g/mol. The van der Waals surface area contributed by atoms with Gasteiger partial charge >= 0.3 is 5.97 Å². The Hall–Kier alpha value is -2.08. The largest absolute Gasteiger partial charge is 0.479 e. The van der Waals surface area contributed by atoms with E-state index in [4.69, 9.17) is 32.8 Å². The number of aliphatic carboxylic acids is 1. The Kier molecular flexibility index (Phi) is 8.30. The predicted octanol–water partition coefficient (Wildman–Crippen LogP) is 5.35. The fraction of sp³-hybridized carbons (Fsp3) is 0.333. The lowest BCUT2D eigenvalue weighted by molar-refractivity contribution is -0.153. The summed E-state index contributed by atoms with van der Waals surface area (Å²) < 4.78 is 5.47. The Balaban J connectivity index is 2.03. The standard InChI is InChI=1S/C21H23Cl2NO4/c1-13(2)28-20(21(25)26)11-15-5-4-6-17(9-15)14(3)24-27-12-16-7-8-18(22)19(23)10-16/h4-10,13,20H,11-12H2,1-3H3,(H,25,26). The molecule has 1 atom stereocenters. The number of benzene rings is 2. The zero-order valence-corrected chi connectivity index (χ0v) is 17.5. The van der Waals surface area contributed by atoms with E-state index in [9.17, 15) is 9.90 Å². The van der Waals surface area contributed by atoms with Crippen LogP contribution in [0.15, 0.2) is 47.6 Å². The minimum Gasteiger partial charge on any atom is -0.479 e. The molecule has 1 N–H and O–H groups in total. The Morgan fingerprint density at radius 1 is 1.11 bits per heavy atom. The van der Waals surface area contributed by atoms with Crippen LogP contribution in [0, 0.1) is 0 Å². The Labute approximate surface area is 174 Å². The molecule has 0 heterocycles. The maximum absolute atomic E-state index is 11.4. The molecule has 0 amide bonds. The molecule has 5 nitrogen and oxygen atoms in total. The van der Waals surface area contributed by atoms with Crippen molar-refractivity contribution in [2.75, 3.05) is 0 Å². The quantitative estimate of drug-likeness (QED) is 0.435. The number of nitrogens with zero attached hydrogens (tertiary/aromatic N) is 1. The molecule has 1 unspecified atom stereocenters. The summed E-state index contributed by atoms with van der Waals surface area (Å²) in [4.78, 5) is 16.8. The van der Waals surface area contributed by atoms with Gasteiger partial charge in [0.25, 0.3) is 0 Å². The van der Waals surface area contributed by atoms with Crippen LogP contribution < -0.4 is 0 Å². The number of carbonyl (C=O) groups is 1. The fourth-order valence-corrected chi connectivity index (χ4v) is 2.87. The fourth-order valence-electron chi connectivity index (χ4n) is 2.55. The van der Waals surface area contributed by atoms with Crippen LogP contribution in [0.25, 0.3) is 0 Å². The molecule has 0 bridgehead atoms. The van der Waals surface area contributed by atoms with E-state index in [-0.39, 0.29) is 19.1 Å². The van der Waals surface area contributed by atoms with Crippen LogP contribution in [-0.4, -0.2) is 29.0 Å². The number of oxime groups is 1. The Bertz CT molecular complexity index is 852. The molecule has 0 spiro atoms. The van der Waals surface area contributed by atoms with Crippen LogP contribution in [0.5, 0.6) is 0 Å². The third kappa shape index (κ3) is 6.82. The second-order valence-corrected chi connectivity index (χ2v) is 7.43. The number of hydrogen-bond donors (Lipinski definition) is 1. The van der Waals surface area contributed by atoms with Crippen molar-refractivity contribution in [1.29, 1.82) is 0 Å². The summed E-state index contributed by atoms with van der Waals surface area (Å²) in [6.07, 6.45) is -0.778. The molecule has 0 saturated heterocycles. The maximum Gasteiger partial charge on any atom is 0.333 e. The van der Waals surface area contributed by atoms with Crippen molar-refractivity contribution in [2.45, 2.75) is 46.0 Å². The second-order valence-electron chi connectivity index (χ2n) is 6.61. The van der Waals surface area contributed by atoms with E-state index in [0.717, 1.165) is 16.7 Å². The first-order valence-electron chi connectivity index (χ1n) is 8.84. The Morgan fingerprint density at radius 3 is 2.50 bits per heavy atom. The van der Waals surface area contributed by atoms with E-state index >= 15 is 0 Å². The molecule has 0 radical (unpaired) electrons. The maximum atomic E-state index is 11.4. The summed E-state index contributed by atoms with van der Waals surface area (Å²) in [6, 6.07) is 12.8. The van der Waals surface area contributed by atoms with Gasteiger partial charge in [-0.3, -0.25) is 0 Å². The molecule has 0 fully saturated rings. The van der Waals surface area contributed by atoms with Crippen molar-refractivity contribution in [3.8, 4) is 0 Å². The third-order valence-corrected chi connectivity index (χ3v) is 4.63. The number of carboxylic acid groups (broad SMARTS) is 1. The van der Waals surface area contributed by atoms with Crippen molar-refractivity contribution in [3.05, 3.63) is 69.2 Å². The molecule has 0 saturated carbocycles. The van der Waals surface area contributed by atoms with E-state index in [2.05, 4.69) is 5.16 Å². The van der Waals surface area contributed by atoms with E-state index < -0.39 is 12.1 Å². The van der Waals surface area contributed by atoms with Crippen LogP contribution in [0.1, 0.15) is 37.5 Å². The van der Waals surface area contributed by atoms with Crippen LogP contribution >= 0.6 is 23.2 Å². The van der Waals surface area contributed by atoms with Gasteiger partial charge in [0, 0.05) is 6.42 Å². The first kappa shape index (κ1) is 22.2. The molecule has 28 heavy (non-hydrogen) atoms. The number of halogens is 2. The van der Waals surface area contributed by atoms with E-state index in [1.165, 1.54) is 0 Å². The van der Waals surface area contributed by atoms with Crippen LogP contribution in [0.3, 0.4) is 0 Å². The van der Waals surface area contributed by atoms with Gasteiger partial charge in [0.1, 0.15) is 6.61 Å². The van der Waals surface area contributed by atoms with Crippen LogP contribution in [-0.2, 0) is 27.4 Å². The molecular formula is C21H23Cl2NO4. The van der Waals surface area contributed by atoms with Gasteiger partial charge in [-0.25, -0.2) is 4.79 Å². The molecular weight excluding hydrogens is 401 g/mol. The minimum atomic E-state index is -0.977. The number of carboxylic acids is 1. The zero-order valence-electron chi connectivity index (χ0n) is 16.0. The lowest BCUT2D eigenvalue weighted by Gasteiger charge is -2.16. The molecule has 0 aromatic heterocycles. The van der Waals surface area contributed by atoms with Crippen LogP contribution in [0.4, 0.5) is 0 Å². The molecule has 2 rings (SSSR count). The number of ether oxygens (including phenoxy) is 1. The highest BCUT2D eigenvalue weighted by molar-refractivity contribution is 6.42. The lowest BCUT2D eigenvalue weighted by atomic mass is 10.0.